The van der Waals surface area contributed by atoms with E-state index < -0.39 is 0 Å². The quantitative estimate of drug-likeness (QED) is 0.356. The monoisotopic (exact) mass is 489 g/mol. The van der Waals surface area contributed by atoms with Crippen LogP contribution in [0.25, 0.3) is 10.9 Å². The minimum atomic E-state index is -0.283. The van der Waals surface area contributed by atoms with E-state index in [1.54, 1.807) is 18.3 Å². The Balaban J connectivity index is 1.40. The number of nitrogens with zero attached hydrogens (tertiary/aromatic N) is 3. The molecule has 0 radical (unpaired) electrons. The van der Waals surface area contributed by atoms with Crippen LogP contribution in [0.4, 0.5) is 15.8 Å². The van der Waals surface area contributed by atoms with Gasteiger partial charge in [-0.15, -0.1) is 5.53 Å². The number of fused-ring (bicyclic) bond motifs is 1. The second kappa shape index (κ2) is 8.91. The molecule has 0 saturated heterocycles. The summed E-state index contributed by atoms with van der Waals surface area (Å²) in [4.78, 5) is 4.46. The molecule has 2 saturated carbocycles. The first kappa shape index (κ1) is 22.0. The van der Waals surface area contributed by atoms with E-state index in [-0.39, 0.29) is 11.9 Å². The second-order valence-electron chi connectivity index (χ2n) is 9.37. The third-order valence-corrected chi connectivity index (χ3v) is 7.16. The van der Waals surface area contributed by atoms with Crippen LogP contribution in [0.3, 0.4) is 0 Å². The lowest BCUT2D eigenvalue weighted by atomic mass is 9.92. The van der Waals surface area contributed by atoms with Crippen molar-refractivity contribution in [3.63, 3.8) is 0 Å². The lowest BCUT2D eigenvalue weighted by molar-refractivity contribution is 0.260. The van der Waals surface area contributed by atoms with Crippen molar-refractivity contribution in [1.82, 2.24) is 21.0 Å². The number of pyridine rings is 1. The molecule has 0 amide bonds. The maximum atomic E-state index is 13.7. The van der Waals surface area contributed by atoms with E-state index in [1.807, 2.05) is 12.1 Å². The smallest absolute Gasteiger partial charge is 0.123 e. The number of aromatic nitrogens is 1. The van der Waals surface area contributed by atoms with Crippen LogP contribution in [0.1, 0.15) is 49.3 Å². The van der Waals surface area contributed by atoms with Crippen LogP contribution in [-0.2, 0) is 0 Å². The number of nitrogens with one attached hydrogen (secondary N) is 4. The standard InChI is InChI=1S/C26H25ClFN7/c27-22-11-19(10-21-24(31-18-2-1-3-18)16(12-29)13-30-26(21)22)32-25(15-4-6-17(28)7-5-15)23-14-35(34-33-23)20-8-9-20/h4-7,10-11,13-14,18,20,25,32-34H,1-3,8-9H2,(H,30,31). The van der Waals surface area contributed by atoms with Crippen molar-refractivity contribution in [2.45, 2.75) is 50.2 Å². The summed E-state index contributed by atoms with van der Waals surface area (Å²) in [6.07, 6.45) is 9.28. The molecule has 9 heteroatoms. The van der Waals surface area contributed by atoms with Gasteiger partial charge >= 0.3 is 0 Å². The maximum Gasteiger partial charge on any atom is 0.123 e. The van der Waals surface area contributed by atoms with Gasteiger partial charge in [-0.1, -0.05) is 23.7 Å². The summed E-state index contributed by atoms with van der Waals surface area (Å²) in [5.74, 6) is -0.283. The van der Waals surface area contributed by atoms with Gasteiger partial charge in [-0.25, -0.2) is 4.39 Å². The van der Waals surface area contributed by atoms with Crippen molar-refractivity contribution >= 4 is 33.9 Å². The van der Waals surface area contributed by atoms with Crippen molar-refractivity contribution in [3.05, 3.63) is 76.5 Å². The molecule has 1 aliphatic heterocycles. The zero-order chi connectivity index (χ0) is 23.9. The summed E-state index contributed by atoms with van der Waals surface area (Å²) >= 11 is 6.68. The van der Waals surface area contributed by atoms with Gasteiger partial charge in [-0.3, -0.25) is 9.99 Å². The molecule has 0 spiro atoms. The molecular formula is C26H25ClFN7. The van der Waals surface area contributed by atoms with Crippen LogP contribution in [0, 0.1) is 17.1 Å². The SMILES string of the molecule is N#Cc1cnc2c(Cl)cc(NC(C3=CN(C4CC4)NN3)c3ccc(F)cc3)cc2c1NC1CCC1. The van der Waals surface area contributed by atoms with Gasteiger partial charge in [0.05, 0.1) is 33.5 Å². The molecule has 1 aromatic heterocycles. The van der Waals surface area contributed by atoms with E-state index in [2.05, 4.69) is 43.9 Å². The molecule has 2 aromatic carbocycles. The molecule has 4 N–H and O–H groups in total. The molecule has 3 aliphatic rings. The number of rotatable bonds is 7. The van der Waals surface area contributed by atoms with Crippen LogP contribution in [-0.4, -0.2) is 22.1 Å². The third kappa shape index (κ3) is 4.33. The maximum absolute atomic E-state index is 13.7. The highest BCUT2D eigenvalue weighted by atomic mass is 35.5. The number of hydrogen-bond acceptors (Lipinski definition) is 7. The number of hydrogen-bond donors (Lipinski definition) is 4. The summed E-state index contributed by atoms with van der Waals surface area (Å²) < 4.78 is 13.7. The van der Waals surface area contributed by atoms with Crippen molar-refractivity contribution < 1.29 is 4.39 Å². The molecule has 35 heavy (non-hydrogen) atoms. The molecule has 7 nitrogen and oxygen atoms in total. The Labute approximate surface area is 207 Å². The molecule has 2 fully saturated rings. The van der Waals surface area contributed by atoms with E-state index in [0.29, 0.717) is 28.2 Å². The summed E-state index contributed by atoms with van der Waals surface area (Å²) in [5, 5.41) is 20.2. The lowest BCUT2D eigenvalue weighted by Gasteiger charge is -2.28. The minimum absolute atomic E-state index is 0.282. The molecular weight excluding hydrogens is 465 g/mol. The fraction of sp³-hybridized carbons (Fsp3) is 0.308. The van der Waals surface area contributed by atoms with Crippen LogP contribution >= 0.6 is 11.6 Å². The first-order valence-corrected chi connectivity index (χ1v) is 12.3. The van der Waals surface area contributed by atoms with Gasteiger partial charge in [0.25, 0.3) is 0 Å². The minimum Gasteiger partial charge on any atom is -0.381 e. The van der Waals surface area contributed by atoms with Gasteiger partial charge in [-0.2, -0.15) is 5.26 Å². The number of benzene rings is 2. The fourth-order valence-corrected chi connectivity index (χ4v) is 4.81. The summed E-state index contributed by atoms with van der Waals surface area (Å²) in [5.41, 5.74) is 11.0. The normalized spacial score (nSPS) is 18.4. The highest BCUT2D eigenvalue weighted by Gasteiger charge is 2.32. The predicted octanol–water partition coefficient (Wildman–Crippen LogP) is 5.35. The van der Waals surface area contributed by atoms with Gasteiger partial charge in [0.15, 0.2) is 0 Å². The number of hydrazine groups is 2. The number of nitriles is 1. The van der Waals surface area contributed by atoms with Gasteiger partial charge in [0, 0.05) is 35.6 Å². The average Bonchev–Trinajstić information content (AvgIpc) is 3.57. The Morgan fingerprint density at radius 1 is 1.17 bits per heavy atom. The topological polar surface area (TPSA) is 88.0 Å². The van der Waals surface area contributed by atoms with Gasteiger partial charge in [-0.05, 0) is 61.9 Å². The highest BCUT2D eigenvalue weighted by Crippen LogP contribution is 2.37. The second-order valence-corrected chi connectivity index (χ2v) is 9.78. The molecule has 2 heterocycles. The molecule has 2 aliphatic carbocycles. The summed E-state index contributed by atoms with van der Waals surface area (Å²) in [6, 6.07) is 13.1. The Kier molecular flexibility index (Phi) is 5.59. The highest BCUT2D eigenvalue weighted by molar-refractivity contribution is 6.35. The number of anilines is 2. The van der Waals surface area contributed by atoms with E-state index in [0.717, 1.165) is 53.7 Å². The van der Waals surface area contributed by atoms with Crippen molar-refractivity contribution in [1.29, 1.82) is 5.26 Å². The van der Waals surface area contributed by atoms with Crippen molar-refractivity contribution in [3.8, 4) is 6.07 Å². The third-order valence-electron chi connectivity index (χ3n) is 6.87. The van der Waals surface area contributed by atoms with Crippen molar-refractivity contribution in [2.24, 2.45) is 0 Å². The lowest BCUT2D eigenvalue weighted by Crippen LogP contribution is -2.38. The van der Waals surface area contributed by atoms with E-state index in [1.165, 1.54) is 18.6 Å². The van der Waals surface area contributed by atoms with E-state index in [4.69, 9.17) is 11.6 Å². The zero-order valence-corrected chi connectivity index (χ0v) is 19.7. The zero-order valence-electron chi connectivity index (χ0n) is 19.0. The first-order valence-electron chi connectivity index (χ1n) is 11.9. The van der Waals surface area contributed by atoms with Gasteiger partial charge < -0.3 is 16.1 Å². The van der Waals surface area contributed by atoms with Crippen LogP contribution in [0.15, 0.2) is 54.5 Å². The Morgan fingerprint density at radius 2 is 1.97 bits per heavy atom. The van der Waals surface area contributed by atoms with Crippen LogP contribution in [0.5, 0.6) is 0 Å². The Morgan fingerprint density at radius 3 is 2.66 bits per heavy atom. The molecule has 3 aromatic rings. The molecule has 1 unspecified atom stereocenters. The van der Waals surface area contributed by atoms with Gasteiger partial charge in [0.1, 0.15) is 11.9 Å². The fourth-order valence-electron chi connectivity index (χ4n) is 4.54. The Bertz CT molecular complexity index is 1340. The number of halogens is 2. The van der Waals surface area contributed by atoms with Crippen LogP contribution in [0.2, 0.25) is 5.02 Å². The van der Waals surface area contributed by atoms with E-state index >= 15 is 0 Å². The molecule has 1 atom stereocenters. The largest absolute Gasteiger partial charge is 0.381 e. The van der Waals surface area contributed by atoms with Crippen molar-refractivity contribution in [2.75, 3.05) is 10.6 Å². The van der Waals surface area contributed by atoms with Crippen LogP contribution < -0.4 is 21.6 Å². The molecule has 6 rings (SSSR count). The molecule has 178 valence electrons. The van der Waals surface area contributed by atoms with E-state index in [9.17, 15) is 9.65 Å². The first-order chi connectivity index (χ1) is 17.1. The summed E-state index contributed by atoms with van der Waals surface area (Å²) in [6.45, 7) is 0. The van der Waals surface area contributed by atoms with Gasteiger partial charge in [0.2, 0.25) is 0 Å². The summed E-state index contributed by atoms with van der Waals surface area (Å²) in [7, 11) is 0. The molecule has 0 bridgehead atoms. The predicted molar refractivity (Wildman–Crippen MR) is 135 cm³/mol. The Hall–Kier alpha value is -3.54. The average molecular weight is 490 g/mol.